The Balaban J connectivity index is 2.70. The number of benzene rings is 2. The molecule has 0 radical (unpaired) electrons. The molecule has 2 aromatic rings. The van der Waals surface area contributed by atoms with Gasteiger partial charge >= 0.3 is 5.97 Å². The Kier molecular flexibility index (Phi) is 5.93. The number of methoxy groups -OCH3 is 1. The monoisotopic (exact) mass is 352 g/mol. The molecule has 2 aromatic carbocycles. The van der Waals surface area contributed by atoms with Gasteiger partial charge in [-0.25, -0.2) is 9.18 Å². The molecular formula is C18H15ClF2O3. The fourth-order valence-corrected chi connectivity index (χ4v) is 2.35. The van der Waals surface area contributed by atoms with Crippen molar-refractivity contribution in [2.45, 2.75) is 6.92 Å². The number of carbonyl (C=O) groups is 1. The zero-order valence-corrected chi connectivity index (χ0v) is 13.9. The molecule has 0 heterocycles. The summed E-state index contributed by atoms with van der Waals surface area (Å²) in [5.41, 5.74) is 0.559. The SMILES string of the molecule is CCOC(=O)/C(F)=C(\c1ccc(F)cc1)c1ccc(Cl)cc1OC. The highest BCUT2D eigenvalue weighted by molar-refractivity contribution is 6.30. The lowest BCUT2D eigenvalue weighted by Gasteiger charge is -2.14. The maximum Gasteiger partial charge on any atom is 0.367 e. The largest absolute Gasteiger partial charge is 0.496 e. The van der Waals surface area contributed by atoms with Gasteiger partial charge in [-0.05, 0) is 42.8 Å². The first-order chi connectivity index (χ1) is 11.5. The van der Waals surface area contributed by atoms with Crippen molar-refractivity contribution in [3.8, 4) is 5.75 Å². The minimum atomic E-state index is -1.10. The fourth-order valence-electron chi connectivity index (χ4n) is 2.19. The first-order valence-electron chi connectivity index (χ1n) is 7.14. The van der Waals surface area contributed by atoms with E-state index in [1.54, 1.807) is 13.0 Å². The van der Waals surface area contributed by atoms with Gasteiger partial charge in [-0.2, -0.15) is 4.39 Å². The third kappa shape index (κ3) is 3.92. The first kappa shape index (κ1) is 17.9. The normalized spacial score (nSPS) is 11.7. The number of carbonyl (C=O) groups excluding carboxylic acids is 1. The zero-order valence-electron chi connectivity index (χ0n) is 13.1. The Hall–Kier alpha value is -2.40. The van der Waals surface area contributed by atoms with E-state index >= 15 is 0 Å². The van der Waals surface area contributed by atoms with Crippen LogP contribution in [0.1, 0.15) is 18.1 Å². The van der Waals surface area contributed by atoms with Crippen LogP contribution in [0, 0.1) is 5.82 Å². The van der Waals surface area contributed by atoms with E-state index in [9.17, 15) is 13.6 Å². The summed E-state index contributed by atoms with van der Waals surface area (Å²) in [6, 6.07) is 9.67. The zero-order chi connectivity index (χ0) is 17.7. The molecule has 0 amide bonds. The van der Waals surface area contributed by atoms with Gasteiger partial charge in [-0.1, -0.05) is 23.7 Å². The standard InChI is InChI=1S/C18H15ClF2O3/c1-3-24-18(22)17(21)16(11-4-7-13(20)8-5-11)14-9-6-12(19)10-15(14)23-2/h4-10H,3H2,1-2H3/b17-16-. The summed E-state index contributed by atoms with van der Waals surface area (Å²) in [6.45, 7) is 1.60. The van der Waals surface area contributed by atoms with Crippen molar-refractivity contribution in [2.24, 2.45) is 0 Å². The number of hydrogen-bond donors (Lipinski definition) is 0. The maximum atomic E-state index is 14.8. The van der Waals surface area contributed by atoms with E-state index in [2.05, 4.69) is 0 Å². The predicted octanol–water partition coefficient (Wildman–Crippen LogP) is 4.78. The average molecular weight is 353 g/mol. The molecule has 0 saturated carbocycles. The van der Waals surface area contributed by atoms with Crippen LogP contribution in [-0.4, -0.2) is 19.7 Å². The summed E-state index contributed by atoms with van der Waals surface area (Å²) in [5.74, 6) is -2.39. The van der Waals surface area contributed by atoms with E-state index in [-0.39, 0.29) is 17.9 Å². The Bertz CT molecular complexity index is 770. The van der Waals surface area contributed by atoms with E-state index in [0.29, 0.717) is 16.1 Å². The first-order valence-corrected chi connectivity index (χ1v) is 7.52. The molecule has 3 nitrogen and oxygen atoms in total. The molecule has 0 aliphatic rings. The van der Waals surface area contributed by atoms with Gasteiger partial charge < -0.3 is 9.47 Å². The highest BCUT2D eigenvalue weighted by atomic mass is 35.5. The summed E-state index contributed by atoms with van der Waals surface area (Å²) in [5, 5.41) is 0.394. The quantitative estimate of drug-likeness (QED) is 0.574. The third-order valence-electron chi connectivity index (χ3n) is 3.24. The van der Waals surface area contributed by atoms with Crippen LogP contribution in [0.2, 0.25) is 5.02 Å². The number of halogens is 3. The van der Waals surface area contributed by atoms with Gasteiger partial charge in [0.05, 0.1) is 13.7 Å². The van der Waals surface area contributed by atoms with Gasteiger partial charge in [0.25, 0.3) is 0 Å². The highest BCUT2D eigenvalue weighted by Gasteiger charge is 2.22. The summed E-state index contributed by atoms with van der Waals surface area (Å²) in [4.78, 5) is 11.9. The lowest BCUT2D eigenvalue weighted by atomic mass is 9.96. The number of hydrogen-bond acceptors (Lipinski definition) is 3. The van der Waals surface area contributed by atoms with Crippen molar-refractivity contribution >= 4 is 23.1 Å². The van der Waals surface area contributed by atoms with Gasteiger partial charge in [-0.3, -0.25) is 0 Å². The molecule has 0 aliphatic heterocycles. The summed E-state index contributed by atoms with van der Waals surface area (Å²) in [6.07, 6.45) is 0. The average Bonchev–Trinajstić information content (AvgIpc) is 2.58. The Morgan fingerprint density at radius 2 is 1.83 bits per heavy atom. The molecule has 0 saturated heterocycles. The van der Waals surface area contributed by atoms with E-state index in [1.165, 1.54) is 43.5 Å². The van der Waals surface area contributed by atoms with Gasteiger partial charge in [0.15, 0.2) is 0 Å². The van der Waals surface area contributed by atoms with Gasteiger partial charge in [0.2, 0.25) is 5.83 Å². The molecule has 0 unspecified atom stereocenters. The smallest absolute Gasteiger partial charge is 0.367 e. The Labute approximate surface area is 143 Å². The second-order valence-electron chi connectivity index (χ2n) is 4.76. The molecular weight excluding hydrogens is 338 g/mol. The molecule has 0 aliphatic carbocycles. The van der Waals surface area contributed by atoms with Crippen LogP contribution in [0.5, 0.6) is 5.75 Å². The molecule has 0 bridgehead atoms. The molecule has 24 heavy (non-hydrogen) atoms. The van der Waals surface area contributed by atoms with Crippen LogP contribution in [0.3, 0.4) is 0 Å². The van der Waals surface area contributed by atoms with Gasteiger partial charge in [-0.15, -0.1) is 0 Å². The van der Waals surface area contributed by atoms with Crippen molar-refractivity contribution in [1.29, 1.82) is 0 Å². The topological polar surface area (TPSA) is 35.5 Å². The van der Waals surface area contributed by atoms with Crippen LogP contribution < -0.4 is 4.74 Å². The Morgan fingerprint density at radius 1 is 1.17 bits per heavy atom. The predicted molar refractivity (Wildman–Crippen MR) is 88.2 cm³/mol. The lowest BCUT2D eigenvalue weighted by Crippen LogP contribution is -2.08. The number of esters is 1. The molecule has 2 rings (SSSR count). The van der Waals surface area contributed by atoms with Crippen molar-refractivity contribution < 1.29 is 23.0 Å². The highest BCUT2D eigenvalue weighted by Crippen LogP contribution is 2.36. The van der Waals surface area contributed by atoms with E-state index in [1.807, 2.05) is 0 Å². The van der Waals surface area contributed by atoms with E-state index < -0.39 is 17.6 Å². The molecule has 0 spiro atoms. The van der Waals surface area contributed by atoms with Crippen molar-refractivity contribution in [3.05, 3.63) is 70.3 Å². The van der Waals surface area contributed by atoms with Crippen molar-refractivity contribution in [1.82, 2.24) is 0 Å². The minimum absolute atomic E-state index is 0.0285. The van der Waals surface area contributed by atoms with Crippen LogP contribution in [0.4, 0.5) is 8.78 Å². The van der Waals surface area contributed by atoms with Gasteiger partial charge in [0.1, 0.15) is 11.6 Å². The Morgan fingerprint density at radius 3 is 2.42 bits per heavy atom. The fraction of sp³-hybridized carbons (Fsp3) is 0.167. The van der Waals surface area contributed by atoms with Crippen LogP contribution in [0.15, 0.2) is 48.3 Å². The minimum Gasteiger partial charge on any atom is -0.496 e. The molecule has 126 valence electrons. The third-order valence-corrected chi connectivity index (χ3v) is 3.48. The van der Waals surface area contributed by atoms with Crippen molar-refractivity contribution in [2.75, 3.05) is 13.7 Å². The summed E-state index contributed by atoms with van der Waals surface area (Å²) < 4.78 is 37.9. The van der Waals surface area contributed by atoms with Crippen LogP contribution in [-0.2, 0) is 9.53 Å². The molecule has 0 N–H and O–H groups in total. The lowest BCUT2D eigenvalue weighted by molar-refractivity contribution is -0.140. The second-order valence-corrected chi connectivity index (χ2v) is 5.20. The van der Waals surface area contributed by atoms with E-state index in [4.69, 9.17) is 21.1 Å². The number of rotatable bonds is 5. The molecule has 6 heteroatoms. The van der Waals surface area contributed by atoms with E-state index in [0.717, 1.165) is 0 Å². The maximum absolute atomic E-state index is 14.8. The van der Waals surface area contributed by atoms with Crippen molar-refractivity contribution in [3.63, 3.8) is 0 Å². The summed E-state index contributed by atoms with van der Waals surface area (Å²) in [7, 11) is 1.40. The number of ether oxygens (including phenoxy) is 2. The second kappa shape index (κ2) is 7.93. The van der Waals surface area contributed by atoms with Crippen LogP contribution >= 0.6 is 11.6 Å². The molecule has 0 atom stereocenters. The molecule has 0 aromatic heterocycles. The summed E-state index contributed by atoms with van der Waals surface area (Å²) >= 11 is 5.93. The molecule has 0 fully saturated rings. The van der Waals surface area contributed by atoms with Crippen LogP contribution in [0.25, 0.3) is 5.57 Å². The van der Waals surface area contributed by atoms with Gasteiger partial charge in [0, 0.05) is 16.2 Å².